The first-order valence-corrected chi connectivity index (χ1v) is 4.43. The average Bonchev–Trinajstić information content (AvgIpc) is 2.72. The minimum atomic E-state index is -2.14. The Balaban J connectivity index is 2.43. The molecular formula is C12H10N2. The van der Waals surface area contributed by atoms with Crippen LogP contribution in [-0.2, 0) is 0 Å². The van der Waals surface area contributed by atoms with Gasteiger partial charge in [0, 0.05) is 27.6 Å². The summed E-state index contributed by atoms with van der Waals surface area (Å²) in [5, 5.41) is 2.02. The fourth-order valence-electron chi connectivity index (χ4n) is 1.71. The molecule has 0 radical (unpaired) electrons. The molecule has 2 nitrogen and oxygen atoms in total. The summed E-state index contributed by atoms with van der Waals surface area (Å²) in [7, 11) is 0. The van der Waals surface area contributed by atoms with Crippen molar-refractivity contribution in [1.82, 2.24) is 9.38 Å². The number of rotatable bonds is 0. The first-order chi connectivity index (χ1) is 8.07. The summed E-state index contributed by atoms with van der Waals surface area (Å²) in [6.45, 7) is -2.14. The van der Waals surface area contributed by atoms with E-state index in [9.17, 15) is 0 Å². The van der Waals surface area contributed by atoms with Crippen LogP contribution in [0.25, 0.3) is 16.4 Å². The van der Waals surface area contributed by atoms with Crippen molar-refractivity contribution in [3.05, 3.63) is 48.4 Å². The molecule has 0 aliphatic carbocycles. The van der Waals surface area contributed by atoms with E-state index in [1.54, 1.807) is 10.6 Å². The van der Waals surface area contributed by atoms with Crippen LogP contribution in [-0.4, -0.2) is 9.38 Å². The van der Waals surface area contributed by atoms with Crippen LogP contribution in [0.5, 0.6) is 0 Å². The fraction of sp³-hybridized carbons (Fsp3) is 0.0833. The van der Waals surface area contributed by atoms with Crippen LogP contribution in [0.15, 0.2) is 42.7 Å². The molecule has 3 rings (SSSR count). The molecule has 0 aliphatic rings. The third-order valence-corrected chi connectivity index (χ3v) is 2.40. The lowest BCUT2D eigenvalue weighted by molar-refractivity contribution is 1.12. The van der Waals surface area contributed by atoms with Gasteiger partial charge in [0.15, 0.2) is 0 Å². The molecule has 0 fully saturated rings. The molecule has 0 spiro atoms. The summed E-state index contributed by atoms with van der Waals surface area (Å²) >= 11 is 0. The molecule has 0 atom stereocenters. The molecule has 0 N–H and O–H groups in total. The number of pyridine rings is 1. The summed E-state index contributed by atoms with van der Waals surface area (Å²) in [6, 6.07) is 9.71. The van der Waals surface area contributed by atoms with E-state index < -0.39 is 6.85 Å². The molecule has 0 bridgehead atoms. The van der Waals surface area contributed by atoms with E-state index in [0.717, 1.165) is 10.8 Å². The van der Waals surface area contributed by atoms with Gasteiger partial charge in [-0.05, 0) is 18.3 Å². The van der Waals surface area contributed by atoms with E-state index in [1.165, 1.54) is 6.20 Å². The highest BCUT2D eigenvalue weighted by atomic mass is 15.0. The third kappa shape index (κ3) is 0.880. The third-order valence-electron chi connectivity index (χ3n) is 2.40. The van der Waals surface area contributed by atoms with Gasteiger partial charge in [-0.25, -0.2) is 4.98 Å². The van der Waals surface area contributed by atoms with Crippen LogP contribution in [0.1, 0.15) is 9.81 Å². The van der Waals surface area contributed by atoms with Crippen molar-refractivity contribution in [2.45, 2.75) is 6.85 Å². The lowest BCUT2D eigenvalue weighted by Crippen LogP contribution is -1.87. The Morgan fingerprint density at radius 3 is 3.14 bits per heavy atom. The maximum atomic E-state index is 7.45. The molecule has 0 saturated carbocycles. The maximum Gasteiger partial charge on any atom is 0.144 e. The summed E-state index contributed by atoms with van der Waals surface area (Å²) in [5.74, 6) is 0. The Labute approximate surface area is 86.0 Å². The van der Waals surface area contributed by atoms with Gasteiger partial charge in [0.2, 0.25) is 0 Å². The molecule has 2 heteroatoms. The van der Waals surface area contributed by atoms with Crippen molar-refractivity contribution >= 4 is 16.4 Å². The van der Waals surface area contributed by atoms with Crippen molar-refractivity contribution in [1.29, 1.82) is 0 Å². The van der Waals surface area contributed by atoms with E-state index in [2.05, 4.69) is 4.98 Å². The lowest BCUT2D eigenvalue weighted by Gasteiger charge is -2.00. The van der Waals surface area contributed by atoms with E-state index in [1.807, 2.05) is 30.3 Å². The molecule has 0 unspecified atom stereocenters. The Kier molecular flexibility index (Phi) is 0.948. The summed E-state index contributed by atoms with van der Waals surface area (Å²) in [5.41, 5.74) is 0.937. The second-order valence-corrected chi connectivity index (χ2v) is 3.24. The van der Waals surface area contributed by atoms with Crippen molar-refractivity contribution < 1.29 is 4.11 Å². The van der Waals surface area contributed by atoms with E-state index in [0.29, 0.717) is 5.65 Å². The number of nitrogens with zero attached hydrogens (tertiary/aromatic N) is 2. The van der Waals surface area contributed by atoms with Crippen molar-refractivity contribution in [3.63, 3.8) is 0 Å². The van der Waals surface area contributed by atoms with Gasteiger partial charge in [0.1, 0.15) is 5.65 Å². The Hall–Kier alpha value is -1.83. The van der Waals surface area contributed by atoms with E-state index in [4.69, 9.17) is 4.11 Å². The predicted molar refractivity (Wildman–Crippen MR) is 57.4 cm³/mol. The molecule has 0 amide bonds. The summed E-state index contributed by atoms with van der Waals surface area (Å²) in [4.78, 5) is 4.22. The molecule has 0 aliphatic heterocycles. The number of aryl methyl sites for hydroxylation is 1. The van der Waals surface area contributed by atoms with Gasteiger partial charge in [0.05, 0.1) is 0 Å². The zero-order valence-electron chi connectivity index (χ0n) is 10.4. The number of hydrogen-bond donors (Lipinski definition) is 0. The molecule has 0 saturated heterocycles. The van der Waals surface area contributed by atoms with E-state index >= 15 is 0 Å². The Morgan fingerprint density at radius 2 is 2.21 bits per heavy atom. The largest absolute Gasteiger partial charge is 0.304 e. The zero-order chi connectivity index (χ0) is 12.0. The standard InChI is InChI=1S/C12H10N2/c1-9-8-13-12-11-5-3-2-4-10(11)6-7-14(9)12/h2-8H,1H3/i1D3. The average molecular weight is 185 g/mol. The maximum absolute atomic E-state index is 7.45. The van der Waals surface area contributed by atoms with Gasteiger partial charge in [0.25, 0.3) is 0 Å². The van der Waals surface area contributed by atoms with Gasteiger partial charge in [-0.2, -0.15) is 0 Å². The lowest BCUT2D eigenvalue weighted by atomic mass is 10.2. The molecule has 68 valence electrons. The van der Waals surface area contributed by atoms with Gasteiger partial charge in [-0.15, -0.1) is 0 Å². The highest BCUT2D eigenvalue weighted by Gasteiger charge is 2.02. The van der Waals surface area contributed by atoms with Gasteiger partial charge < -0.3 is 4.40 Å². The minimum Gasteiger partial charge on any atom is -0.304 e. The summed E-state index contributed by atoms with van der Waals surface area (Å²) in [6.07, 6.45) is 3.18. The van der Waals surface area contributed by atoms with Crippen molar-refractivity contribution in [3.8, 4) is 0 Å². The fourth-order valence-corrected chi connectivity index (χ4v) is 1.71. The Morgan fingerprint density at radius 1 is 1.29 bits per heavy atom. The SMILES string of the molecule is [2H]C([2H])([2H])c1cnc2c3ccccc3ccn12. The molecule has 3 aromatic rings. The Bertz CT molecular complexity index is 698. The normalized spacial score (nSPS) is 15.3. The van der Waals surface area contributed by atoms with Gasteiger partial charge in [-0.3, -0.25) is 0 Å². The molecular weight excluding hydrogens is 172 g/mol. The molecule has 14 heavy (non-hydrogen) atoms. The smallest absolute Gasteiger partial charge is 0.144 e. The highest BCUT2D eigenvalue weighted by Crippen LogP contribution is 2.19. The summed E-state index contributed by atoms with van der Waals surface area (Å²) < 4.78 is 24.0. The van der Waals surface area contributed by atoms with Crippen LogP contribution in [0.4, 0.5) is 0 Å². The first kappa shape index (κ1) is 5.15. The molecule has 2 heterocycles. The highest BCUT2D eigenvalue weighted by molar-refractivity contribution is 5.93. The number of imidazole rings is 1. The molecule has 2 aromatic heterocycles. The predicted octanol–water partition coefficient (Wildman–Crippen LogP) is 2.80. The van der Waals surface area contributed by atoms with Crippen molar-refractivity contribution in [2.75, 3.05) is 0 Å². The second kappa shape index (κ2) is 2.58. The van der Waals surface area contributed by atoms with Crippen LogP contribution in [0, 0.1) is 6.85 Å². The van der Waals surface area contributed by atoms with Crippen molar-refractivity contribution in [2.24, 2.45) is 0 Å². The number of hydrogen-bond acceptors (Lipinski definition) is 1. The van der Waals surface area contributed by atoms with Gasteiger partial charge in [-0.1, -0.05) is 24.3 Å². The van der Waals surface area contributed by atoms with Gasteiger partial charge >= 0.3 is 0 Å². The van der Waals surface area contributed by atoms with Crippen LogP contribution in [0.2, 0.25) is 0 Å². The first-order valence-electron chi connectivity index (χ1n) is 5.93. The monoisotopic (exact) mass is 185 g/mol. The van der Waals surface area contributed by atoms with Crippen LogP contribution < -0.4 is 0 Å². The van der Waals surface area contributed by atoms with Crippen LogP contribution in [0.3, 0.4) is 0 Å². The minimum absolute atomic E-state index is 0.248. The van der Waals surface area contributed by atoms with E-state index in [-0.39, 0.29) is 5.69 Å². The molecule has 1 aromatic carbocycles. The topological polar surface area (TPSA) is 17.3 Å². The van der Waals surface area contributed by atoms with Crippen LogP contribution >= 0.6 is 0 Å². The number of benzene rings is 1. The second-order valence-electron chi connectivity index (χ2n) is 3.24. The quantitative estimate of drug-likeness (QED) is 0.526. The zero-order valence-corrected chi connectivity index (χ0v) is 7.44. The number of aromatic nitrogens is 2. The number of fused-ring (bicyclic) bond motifs is 3.